The normalized spacial score (nSPS) is 13.4. The maximum atomic E-state index is 12.5. The molecule has 30 heavy (non-hydrogen) atoms. The molecule has 0 aliphatic carbocycles. The highest BCUT2D eigenvalue weighted by Gasteiger charge is 2.29. The molecular weight excluding hydrogens is 406 g/mol. The summed E-state index contributed by atoms with van der Waals surface area (Å²) in [6.07, 6.45) is 0. The zero-order chi connectivity index (χ0) is 21.7. The number of amides is 4. The van der Waals surface area contributed by atoms with Crippen molar-refractivity contribution in [1.82, 2.24) is 9.80 Å². The zero-order valence-electron chi connectivity index (χ0n) is 17.0. The fourth-order valence-corrected chi connectivity index (χ4v) is 3.66. The molecular formula is C21H23N3O5S. The van der Waals surface area contributed by atoms with E-state index in [1.807, 2.05) is 12.1 Å². The molecule has 0 saturated carbocycles. The average Bonchev–Trinajstić information content (AvgIpc) is 3.07. The number of urea groups is 1. The molecule has 2 aromatic rings. The first kappa shape index (κ1) is 21.5. The number of thioether (sulfide) groups is 1. The highest BCUT2D eigenvalue weighted by Crippen LogP contribution is 2.26. The monoisotopic (exact) mass is 429 g/mol. The lowest BCUT2D eigenvalue weighted by molar-refractivity contribution is -0.125. The molecule has 1 aliphatic rings. The van der Waals surface area contributed by atoms with E-state index >= 15 is 0 Å². The highest BCUT2D eigenvalue weighted by atomic mass is 32.2. The van der Waals surface area contributed by atoms with Gasteiger partial charge >= 0.3 is 6.03 Å². The van der Waals surface area contributed by atoms with E-state index < -0.39 is 0 Å². The predicted molar refractivity (Wildman–Crippen MR) is 115 cm³/mol. The van der Waals surface area contributed by atoms with Crippen LogP contribution < -0.4 is 14.8 Å². The van der Waals surface area contributed by atoms with Crippen molar-refractivity contribution in [3.8, 4) is 11.5 Å². The van der Waals surface area contributed by atoms with Crippen molar-refractivity contribution in [2.24, 2.45) is 0 Å². The second-order valence-corrected chi connectivity index (χ2v) is 7.62. The van der Waals surface area contributed by atoms with Crippen LogP contribution in [-0.2, 0) is 17.9 Å². The van der Waals surface area contributed by atoms with Crippen molar-refractivity contribution in [3.63, 3.8) is 0 Å². The third kappa shape index (κ3) is 5.04. The Labute approximate surface area is 179 Å². The van der Waals surface area contributed by atoms with Crippen LogP contribution in [0, 0.1) is 0 Å². The summed E-state index contributed by atoms with van der Waals surface area (Å²) in [6.45, 7) is 0.587. The highest BCUT2D eigenvalue weighted by molar-refractivity contribution is 8.14. The summed E-state index contributed by atoms with van der Waals surface area (Å²) in [7, 11) is 4.84. The van der Waals surface area contributed by atoms with Crippen molar-refractivity contribution >= 4 is 34.6 Å². The topological polar surface area (TPSA) is 88.2 Å². The minimum Gasteiger partial charge on any atom is -0.497 e. The number of benzene rings is 2. The first-order valence-electron chi connectivity index (χ1n) is 9.20. The molecule has 0 atom stereocenters. The Morgan fingerprint density at radius 1 is 1.13 bits per heavy atom. The molecule has 158 valence electrons. The van der Waals surface area contributed by atoms with Gasteiger partial charge in [0.15, 0.2) is 0 Å². The number of rotatable bonds is 7. The summed E-state index contributed by atoms with van der Waals surface area (Å²) >= 11 is 1.01. The minimum absolute atomic E-state index is 0.182. The molecule has 0 radical (unpaired) electrons. The van der Waals surface area contributed by atoms with E-state index in [1.54, 1.807) is 51.6 Å². The number of nitrogens with one attached hydrogen (secondary N) is 1. The van der Waals surface area contributed by atoms with Crippen LogP contribution in [0.2, 0.25) is 0 Å². The van der Waals surface area contributed by atoms with E-state index in [9.17, 15) is 14.4 Å². The van der Waals surface area contributed by atoms with Crippen LogP contribution >= 0.6 is 11.8 Å². The van der Waals surface area contributed by atoms with Gasteiger partial charge in [-0.1, -0.05) is 23.9 Å². The van der Waals surface area contributed by atoms with Gasteiger partial charge in [-0.15, -0.1) is 0 Å². The molecule has 1 fully saturated rings. The van der Waals surface area contributed by atoms with Crippen LogP contribution in [0.4, 0.5) is 15.3 Å². The Morgan fingerprint density at radius 2 is 1.87 bits per heavy atom. The van der Waals surface area contributed by atoms with Crippen molar-refractivity contribution in [1.29, 1.82) is 0 Å². The van der Waals surface area contributed by atoms with E-state index in [0.29, 0.717) is 23.7 Å². The summed E-state index contributed by atoms with van der Waals surface area (Å²) in [5, 5.41) is 2.60. The second-order valence-electron chi connectivity index (χ2n) is 6.70. The van der Waals surface area contributed by atoms with Crippen molar-refractivity contribution in [3.05, 3.63) is 53.6 Å². The van der Waals surface area contributed by atoms with E-state index in [0.717, 1.165) is 22.9 Å². The summed E-state index contributed by atoms with van der Waals surface area (Å²) in [6, 6.07) is 12.2. The number of nitrogens with zero attached hydrogens (tertiary/aromatic N) is 2. The largest absolute Gasteiger partial charge is 0.497 e. The van der Waals surface area contributed by atoms with Gasteiger partial charge in [-0.3, -0.25) is 14.5 Å². The lowest BCUT2D eigenvalue weighted by atomic mass is 10.2. The van der Waals surface area contributed by atoms with Crippen LogP contribution in [0.5, 0.6) is 11.5 Å². The molecule has 0 aromatic heterocycles. The Hall–Kier alpha value is -3.20. The molecule has 0 unspecified atom stereocenters. The minimum atomic E-state index is -0.276. The number of anilines is 1. The standard InChI is InChI=1S/C21H23N3O5S/c1-23(12-15-6-9-17(28-2)10-18(15)29-3)20(26)22-16-7-4-14(5-8-16)11-24-19(25)13-30-21(24)27/h4-10H,11-13H2,1-3H3,(H,22,26). The molecule has 3 rings (SSSR count). The van der Waals surface area contributed by atoms with Crippen LogP contribution in [0.1, 0.15) is 11.1 Å². The maximum absolute atomic E-state index is 12.5. The lowest BCUT2D eigenvalue weighted by Crippen LogP contribution is -2.31. The van der Waals surface area contributed by atoms with E-state index in [4.69, 9.17) is 9.47 Å². The first-order chi connectivity index (χ1) is 14.4. The van der Waals surface area contributed by atoms with Gasteiger partial charge in [-0.2, -0.15) is 0 Å². The van der Waals surface area contributed by atoms with E-state index in [1.165, 1.54) is 9.80 Å². The SMILES string of the molecule is COc1ccc(CN(C)C(=O)Nc2ccc(CN3C(=O)CSC3=O)cc2)c(OC)c1. The fourth-order valence-electron chi connectivity index (χ4n) is 2.94. The zero-order valence-corrected chi connectivity index (χ0v) is 17.8. The first-order valence-corrected chi connectivity index (χ1v) is 10.2. The summed E-state index contributed by atoms with van der Waals surface area (Å²) in [5.74, 6) is 1.33. The summed E-state index contributed by atoms with van der Waals surface area (Å²) in [5.41, 5.74) is 2.28. The van der Waals surface area contributed by atoms with Crippen LogP contribution in [-0.4, -0.2) is 54.0 Å². The van der Waals surface area contributed by atoms with Crippen molar-refractivity contribution < 1.29 is 23.9 Å². The number of carbonyl (C=O) groups excluding carboxylic acids is 3. The van der Waals surface area contributed by atoms with Gasteiger partial charge in [-0.25, -0.2) is 4.79 Å². The van der Waals surface area contributed by atoms with Crippen LogP contribution in [0.25, 0.3) is 0 Å². The Kier molecular flexibility index (Phi) is 6.83. The molecule has 0 spiro atoms. The molecule has 1 saturated heterocycles. The summed E-state index contributed by atoms with van der Waals surface area (Å²) < 4.78 is 10.6. The number of hydrogen-bond donors (Lipinski definition) is 1. The summed E-state index contributed by atoms with van der Waals surface area (Å²) in [4.78, 5) is 38.7. The molecule has 1 N–H and O–H groups in total. The van der Waals surface area contributed by atoms with Crippen molar-refractivity contribution in [2.45, 2.75) is 13.1 Å². The number of hydrogen-bond acceptors (Lipinski definition) is 6. The van der Waals surface area contributed by atoms with Gasteiger partial charge in [0, 0.05) is 24.4 Å². The van der Waals surface area contributed by atoms with E-state index in [-0.39, 0.29) is 29.5 Å². The second kappa shape index (κ2) is 9.53. The van der Waals surface area contributed by atoms with Gasteiger partial charge in [-0.05, 0) is 29.8 Å². The average molecular weight is 429 g/mol. The molecule has 1 aliphatic heterocycles. The third-order valence-electron chi connectivity index (χ3n) is 4.63. The quantitative estimate of drug-likeness (QED) is 0.724. The smallest absolute Gasteiger partial charge is 0.321 e. The maximum Gasteiger partial charge on any atom is 0.321 e. The van der Waals surface area contributed by atoms with Gasteiger partial charge < -0.3 is 19.7 Å². The number of imide groups is 1. The lowest BCUT2D eigenvalue weighted by Gasteiger charge is -2.20. The molecule has 1 heterocycles. The predicted octanol–water partition coefficient (Wildman–Crippen LogP) is 3.56. The van der Waals surface area contributed by atoms with Gasteiger partial charge in [0.05, 0.1) is 33.1 Å². The molecule has 4 amide bonds. The molecule has 9 heteroatoms. The van der Waals surface area contributed by atoms with Gasteiger partial charge in [0.1, 0.15) is 11.5 Å². The third-order valence-corrected chi connectivity index (χ3v) is 5.49. The Bertz CT molecular complexity index is 932. The number of ether oxygens (including phenoxy) is 2. The fraction of sp³-hybridized carbons (Fsp3) is 0.286. The molecule has 2 aromatic carbocycles. The molecule has 0 bridgehead atoms. The van der Waals surface area contributed by atoms with Gasteiger partial charge in [0.2, 0.25) is 5.91 Å². The van der Waals surface area contributed by atoms with E-state index in [2.05, 4.69) is 5.32 Å². The van der Waals surface area contributed by atoms with Crippen LogP contribution in [0.3, 0.4) is 0 Å². The number of carbonyl (C=O) groups is 3. The molecule has 8 nitrogen and oxygen atoms in total. The Morgan fingerprint density at radius 3 is 2.47 bits per heavy atom. The van der Waals surface area contributed by atoms with Gasteiger partial charge in [0.25, 0.3) is 5.24 Å². The van der Waals surface area contributed by atoms with Crippen molar-refractivity contribution in [2.75, 3.05) is 32.3 Å². The Balaban J connectivity index is 1.59. The van der Waals surface area contributed by atoms with Crippen LogP contribution in [0.15, 0.2) is 42.5 Å². The number of methoxy groups -OCH3 is 2.